The lowest BCUT2D eigenvalue weighted by atomic mass is 9.99. The Balaban J connectivity index is 1.19. The van der Waals surface area contributed by atoms with Crippen molar-refractivity contribution in [2.45, 2.75) is 0 Å². The number of rotatable bonds is 7. The molecular formula is C51H36N2Si. The van der Waals surface area contributed by atoms with Crippen LogP contribution in [0.2, 0.25) is 0 Å². The van der Waals surface area contributed by atoms with Crippen molar-refractivity contribution in [3.63, 3.8) is 0 Å². The summed E-state index contributed by atoms with van der Waals surface area (Å²) in [4.78, 5) is 5.39. The summed E-state index contributed by atoms with van der Waals surface area (Å²) in [6.07, 6.45) is 0. The SMILES string of the molecule is c1ccc(-c2nc3c4ccccc4c4cc(-c5ccc([Si](c6ccccc6)(c6ccccc6)c6ccccc6)cc5)ccc4n3c2-c2ccccc2)cc1. The minimum absolute atomic E-state index is 0.969. The Kier molecular flexibility index (Phi) is 7.86. The summed E-state index contributed by atoms with van der Waals surface area (Å²) < 4.78 is 2.38. The van der Waals surface area contributed by atoms with Gasteiger partial charge in [-0.25, -0.2) is 4.98 Å². The molecule has 2 heterocycles. The van der Waals surface area contributed by atoms with Gasteiger partial charge in [0.05, 0.1) is 16.9 Å². The number of hydrogen-bond acceptors (Lipinski definition) is 1. The van der Waals surface area contributed by atoms with Gasteiger partial charge >= 0.3 is 0 Å². The van der Waals surface area contributed by atoms with Gasteiger partial charge in [-0.05, 0) is 49.4 Å². The second kappa shape index (κ2) is 13.3. The predicted molar refractivity (Wildman–Crippen MR) is 230 cm³/mol. The van der Waals surface area contributed by atoms with E-state index in [1.54, 1.807) is 0 Å². The first-order chi connectivity index (χ1) is 26.8. The van der Waals surface area contributed by atoms with Gasteiger partial charge in [0, 0.05) is 21.9 Å². The number of aromatic nitrogens is 2. The highest BCUT2D eigenvalue weighted by molar-refractivity contribution is 7.19. The largest absolute Gasteiger partial charge is 0.291 e. The van der Waals surface area contributed by atoms with E-state index in [0.717, 1.165) is 39.1 Å². The molecule has 2 nitrogen and oxygen atoms in total. The lowest BCUT2D eigenvalue weighted by molar-refractivity contribution is 1.27. The molecule has 0 radical (unpaired) electrons. The van der Waals surface area contributed by atoms with Crippen molar-refractivity contribution in [1.82, 2.24) is 9.38 Å². The first-order valence-electron chi connectivity index (χ1n) is 18.6. The Labute approximate surface area is 316 Å². The fraction of sp³-hybridized carbons (Fsp3) is 0. The van der Waals surface area contributed by atoms with E-state index in [1.807, 2.05) is 0 Å². The highest BCUT2D eigenvalue weighted by Crippen LogP contribution is 2.40. The Morgan fingerprint density at radius 2 is 0.778 bits per heavy atom. The maximum atomic E-state index is 5.39. The zero-order valence-corrected chi connectivity index (χ0v) is 30.7. The summed E-state index contributed by atoms with van der Waals surface area (Å²) in [6, 6.07) is 79.7. The van der Waals surface area contributed by atoms with Crippen molar-refractivity contribution >= 4 is 56.1 Å². The van der Waals surface area contributed by atoms with Crippen LogP contribution in [0.3, 0.4) is 0 Å². The molecule has 0 unspecified atom stereocenters. The molecule has 254 valence electrons. The number of benzene rings is 8. The van der Waals surface area contributed by atoms with Gasteiger partial charge in [-0.15, -0.1) is 0 Å². The Morgan fingerprint density at radius 3 is 1.33 bits per heavy atom. The third-order valence-corrected chi connectivity index (χ3v) is 15.7. The van der Waals surface area contributed by atoms with Crippen LogP contribution in [0, 0.1) is 0 Å². The third kappa shape index (κ3) is 5.13. The number of pyridine rings is 1. The van der Waals surface area contributed by atoms with E-state index in [9.17, 15) is 0 Å². The predicted octanol–water partition coefficient (Wildman–Crippen LogP) is 10.0. The molecule has 0 aliphatic heterocycles. The van der Waals surface area contributed by atoms with Crippen LogP contribution in [0.1, 0.15) is 0 Å². The molecule has 2 aromatic heterocycles. The average molecular weight is 705 g/mol. The molecule has 0 aliphatic rings. The van der Waals surface area contributed by atoms with Crippen LogP contribution in [0.25, 0.3) is 61.0 Å². The molecule has 0 aliphatic carbocycles. The lowest BCUT2D eigenvalue weighted by Crippen LogP contribution is -2.74. The van der Waals surface area contributed by atoms with Crippen LogP contribution in [0.5, 0.6) is 0 Å². The maximum absolute atomic E-state index is 5.39. The molecule has 0 spiro atoms. The first kappa shape index (κ1) is 31.9. The van der Waals surface area contributed by atoms with Gasteiger partial charge in [0.15, 0.2) is 8.07 Å². The molecule has 8 aromatic carbocycles. The molecule has 0 bridgehead atoms. The summed E-state index contributed by atoms with van der Waals surface area (Å²) >= 11 is 0. The van der Waals surface area contributed by atoms with Crippen LogP contribution < -0.4 is 20.7 Å². The number of imidazole rings is 1. The van der Waals surface area contributed by atoms with Gasteiger partial charge in [-0.1, -0.05) is 206 Å². The lowest BCUT2D eigenvalue weighted by Gasteiger charge is -2.34. The summed E-state index contributed by atoms with van der Waals surface area (Å²) in [5, 5.41) is 9.03. The van der Waals surface area contributed by atoms with Gasteiger partial charge in [-0.2, -0.15) is 0 Å². The van der Waals surface area contributed by atoms with Crippen molar-refractivity contribution in [3.8, 4) is 33.6 Å². The highest BCUT2D eigenvalue weighted by Gasteiger charge is 2.41. The summed E-state index contributed by atoms with van der Waals surface area (Å²) in [5.74, 6) is 0. The number of hydrogen-bond donors (Lipinski definition) is 0. The van der Waals surface area contributed by atoms with E-state index in [1.165, 1.54) is 42.6 Å². The van der Waals surface area contributed by atoms with Crippen molar-refractivity contribution in [3.05, 3.63) is 218 Å². The Morgan fingerprint density at radius 1 is 0.333 bits per heavy atom. The van der Waals surface area contributed by atoms with Crippen LogP contribution in [0.15, 0.2) is 218 Å². The molecule has 0 atom stereocenters. The van der Waals surface area contributed by atoms with Gasteiger partial charge in [0.1, 0.15) is 5.65 Å². The van der Waals surface area contributed by atoms with E-state index in [-0.39, 0.29) is 0 Å². The molecular weight excluding hydrogens is 669 g/mol. The molecule has 0 saturated carbocycles. The van der Waals surface area contributed by atoms with E-state index < -0.39 is 8.07 Å². The van der Waals surface area contributed by atoms with Gasteiger partial charge < -0.3 is 0 Å². The third-order valence-electron chi connectivity index (χ3n) is 10.9. The Bertz CT molecular complexity index is 2790. The molecule has 54 heavy (non-hydrogen) atoms. The van der Waals surface area contributed by atoms with Crippen LogP contribution in [-0.2, 0) is 0 Å². The standard InChI is InChI=1S/C51H36N2Si/c1-6-18-38(19-7-1)49-50(39-20-8-2-9-21-39)53-48-35-32-40(36-47(48)45-28-16-17-29-46(45)51(53)52-49)37-30-33-44(34-31-37)54(41-22-10-3-11-23-41,42-24-12-4-13-25-42)43-26-14-5-15-27-43/h1-36H. The highest BCUT2D eigenvalue weighted by atomic mass is 28.3. The van der Waals surface area contributed by atoms with Crippen molar-refractivity contribution in [1.29, 1.82) is 0 Å². The van der Waals surface area contributed by atoms with E-state index >= 15 is 0 Å². The normalized spacial score (nSPS) is 11.7. The molecule has 0 N–H and O–H groups in total. The van der Waals surface area contributed by atoms with E-state index in [4.69, 9.17) is 4.98 Å². The molecule has 0 amide bonds. The smallest absolute Gasteiger partial charge is 0.179 e. The van der Waals surface area contributed by atoms with Gasteiger partial charge in [0.25, 0.3) is 0 Å². The number of nitrogens with zero attached hydrogens (tertiary/aromatic N) is 2. The van der Waals surface area contributed by atoms with Crippen molar-refractivity contribution < 1.29 is 0 Å². The summed E-state index contributed by atoms with van der Waals surface area (Å²) in [5.41, 5.74) is 8.84. The van der Waals surface area contributed by atoms with Gasteiger partial charge in [-0.3, -0.25) is 4.40 Å². The first-order valence-corrected chi connectivity index (χ1v) is 20.6. The van der Waals surface area contributed by atoms with Crippen LogP contribution in [0.4, 0.5) is 0 Å². The fourth-order valence-electron chi connectivity index (χ4n) is 8.51. The zero-order chi connectivity index (χ0) is 35.9. The second-order valence-electron chi connectivity index (χ2n) is 13.9. The van der Waals surface area contributed by atoms with E-state index in [2.05, 4.69) is 223 Å². The van der Waals surface area contributed by atoms with E-state index in [0.29, 0.717) is 0 Å². The second-order valence-corrected chi connectivity index (χ2v) is 17.7. The topological polar surface area (TPSA) is 17.3 Å². The molecule has 0 fully saturated rings. The average Bonchev–Trinajstić information content (AvgIpc) is 3.67. The molecule has 10 rings (SSSR count). The van der Waals surface area contributed by atoms with Crippen molar-refractivity contribution in [2.24, 2.45) is 0 Å². The quantitative estimate of drug-likeness (QED) is 0.0918. The zero-order valence-electron chi connectivity index (χ0n) is 29.7. The monoisotopic (exact) mass is 704 g/mol. The van der Waals surface area contributed by atoms with Gasteiger partial charge in [0.2, 0.25) is 0 Å². The minimum Gasteiger partial charge on any atom is -0.291 e. The minimum atomic E-state index is -2.61. The van der Waals surface area contributed by atoms with Crippen LogP contribution in [-0.4, -0.2) is 17.5 Å². The van der Waals surface area contributed by atoms with Crippen molar-refractivity contribution in [2.75, 3.05) is 0 Å². The maximum Gasteiger partial charge on any atom is 0.179 e. The summed E-state index contributed by atoms with van der Waals surface area (Å²) in [6.45, 7) is 0. The molecule has 0 saturated heterocycles. The number of fused-ring (bicyclic) bond motifs is 6. The van der Waals surface area contributed by atoms with Crippen LogP contribution >= 0.6 is 0 Å². The summed E-state index contributed by atoms with van der Waals surface area (Å²) in [7, 11) is -2.61. The Hall–Kier alpha value is -6.81. The molecule has 10 aromatic rings. The molecule has 3 heteroatoms. The fourth-order valence-corrected chi connectivity index (χ4v) is 13.3.